The molecule has 0 aliphatic carbocycles. The molecule has 0 radical (unpaired) electrons. The minimum absolute atomic E-state index is 0.385. The average molecular weight is 247 g/mol. The van der Waals surface area contributed by atoms with E-state index in [9.17, 15) is 5.11 Å². The number of aliphatic hydroxyl groups is 1. The fraction of sp³-hybridized carbons (Fsp3) is 0.286. The first-order chi connectivity index (χ1) is 8.25. The van der Waals surface area contributed by atoms with Crippen LogP contribution in [-0.4, -0.2) is 23.6 Å². The molecule has 90 valence electrons. The number of aliphatic hydroxyl groups excluding tert-OH is 1. The minimum atomic E-state index is -0.385. The Hall–Kier alpha value is -1.16. The van der Waals surface area contributed by atoms with Crippen molar-refractivity contribution < 1.29 is 5.11 Å². The zero-order valence-electron chi connectivity index (χ0n) is 9.91. The summed E-state index contributed by atoms with van der Waals surface area (Å²) in [6.45, 7) is 1.53. The van der Waals surface area contributed by atoms with Crippen LogP contribution in [0.25, 0.3) is 0 Å². The van der Waals surface area contributed by atoms with Crippen molar-refractivity contribution in [3.8, 4) is 0 Å². The summed E-state index contributed by atoms with van der Waals surface area (Å²) >= 11 is 1.60. The average Bonchev–Trinajstić information content (AvgIpc) is 2.83. The molecule has 0 amide bonds. The van der Waals surface area contributed by atoms with Gasteiger partial charge in [-0.1, -0.05) is 36.4 Å². The van der Waals surface area contributed by atoms with Gasteiger partial charge in [0.05, 0.1) is 0 Å². The number of nitrogens with zero attached hydrogens (tertiary/aromatic N) is 1. The molecule has 1 N–H and O–H groups in total. The maximum atomic E-state index is 10.0. The highest BCUT2D eigenvalue weighted by Gasteiger charge is 2.11. The van der Waals surface area contributed by atoms with Gasteiger partial charge in [-0.15, -0.1) is 11.3 Å². The molecule has 0 saturated heterocycles. The van der Waals surface area contributed by atoms with Crippen molar-refractivity contribution in [1.82, 2.24) is 4.90 Å². The Labute approximate surface area is 106 Å². The van der Waals surface area contributed by atoms with Crippen LogP contribution >= 0.6 is 11.3 Å². The summed E-state index contributed by atoms with van der Waals surface area (Å²) in [5.74, 6) is 0. The standard InChI is InChI=1S/C14H17NOS/c1-15(10-12-6-3-2-4-7-12)11-13(16)14-8-5-9-17-14/h2-9,13,16H,10-11H2,1H3. The fourth-order valence-corrected chi connectivity index (χ4v) is 2.53. The van der Waals surface area contributed by atoms with E-state index in [1.807, 2.05) is 42.8 Å². The van der Waals surface area contributed by atoms with Crippen molar-refractivity contribution >= 4 is 11.3 Å². The van der Waals surface area contributed by atoms with Crippen LogP contribution in [0, 0.1) is 0 Å². The van der Waals surface area contributed by atoms with Gasteiger partial charge < -0.3 is 5.11 Å². The summed E-state index contributed by atoms with van der Waals surface area (Å²) in [6, 6.07) is 14.3. The molecule has 0 aliphatic heterocycles. The first kappa shape index (κ1) is 12.3. The monoisotopic (exact) mass is 247 g/mol. The van der Waals surface area contributed by atoms with Gasteiger partial charge >= 0.3 is 0 Å². The summed E-state index contributed by atoms with van der Waals surface area (Å²) < 4.78 is 0. The van der Waals surface area contributed by atoms with Crippen molar-refractivity contribution in [2.45, 2.75) is 12.6 Å². The third kappa shape index (κ3) is 3.66. The van der Waals surface area contributed by atoms with Gasteiger partial charge in [-0.25, -0.2) is 0 Å². The largest absolute Gasteiger partial charge is 0.386 e. The first-order valence-electron chi connectivity index (χ1n) is 5.69. The molecular formula is C14H17NOS. The SMILES string of the molecule is CN(Cc1ccccc1)CC(O)c1cccs1. The molecule has 0 spiro atoms. The zero-order valence-corrected chi connectivity index (χ0v) is 10.7. The van der Waals surface area contributed by atoms with E-state index in [-0.39, 0.29) is 6.10 Å². The van der Waals surface area contributed by atoms with Crippen molar-refractivity contribution in [2.24, 2.45) is 0 Å². The van der Waals surface area contributed by atoms with Crippen LogP contribution in [0.4, 0.5) is 0 Å². The molecule has 2 aromatic rings. The van der Waals surface area contributed by atoms with E-state index in [2.05, 4.69) is 17.0 Å². The van der Waals surface area contributed by atoms with Crippen LogP contribution in [0.15, 0.2) is 47.8 Å². The van der Waals surface area contributed by atoms with Crippen LogP contribution in [0.5, 0.6) is 0 Å². The zero-order chi connectivity index (χ0) is 12.1. The number of thiophene rings is 1. The number of likely N-dealkylation sites (N-methyl/N-ethyl adjacent to an activating group) is 1. The summed E-state index contributed by atoms with van der Waals surface area (Å²) in [4.78, 5) is 3.17. The van der Waals surface area contributed by atoms with Gasteiger partial charge in [-0.3, -0.25) is 4.90 Å². The van der Waals surface area contributed by atoms with Gasteiger partial charge in [-0.05, 0) is 24.1 Å². The summed E-state index contributed by atoms with van der Waals surface area (Å²) in [5.41, 5.74) is 1.27. The molecule has 17 heavy (non-hydrogen) atoms. The lowest BCUT2D eigenvalue weighted by Crippen LogP contribution is -2.23. The second-order valence-electron chi connectivity index (χ2n) is 4.21. The molecule has 0 saturated carbocycles. The predicted octanol–water partition coefficient (Wildman–Crippen LogP) is 2.91. The molecule has 0 bridgehead atoms. The second kappa shape index (κ2) is 5.96. The van der Waals surface area contributed by atoms with Crippen LogP contribution in [0.3, 0.4) is 0 Å². The van der Waals surface area contributed by atoms with Gasteiger partial charge in [0.2, 0.25) is 0 Å². The van der Waals surface area contributed by atoms with Gasteiger partial charge in [0.1, 0.15) is 6.10 Å². The lowest BCUT2D eigenvalue weighted by Gasteiger charge is -2.19. The molecule has 0 fully saturated rings. The lowest BCUT2D eigenvalue weighted by atomic mass is 10.2. The molecular weight excluding hydrogens is 230 g/mol. The van der Waals surface area contributed by atoms with E-state index in [0.29, 0.717) is 6.54 Å². The van der Waals surface area contributed by atoms with Crippen molar-refractivity contribution in [3.05, 3.63) is 58.3 Å². The Balaban J connectivity index is 1.87. The molecule has 1 atom stereocenters. The normalized spacial score (nSPS) is 12.9. The molecule has 2 rings (SSSR count). The Kier molecular flexibility index (Phi) is 4.31. The van der Waals surface area contributed by atoms with E-state index in [0.717, 1.165) is 11.4 Å². The van der Waals surface area contributed by atoms with Gasteiger partial charge in [0, 0.05) is 18.0 Å². The molecule has 1 heterocycles. The molecule has 1 aromatic heterocycles. The summed E-state index contributed by atoms with van der Waals surface area (Å²) in [5, 5.41) is 12.0. The molecule has 1 unspecified atom stereocenters. The minimum Gasteiger partial charge on any atom is -0.386 e. The quantitative estimate of drug-likeness (QED) is 0.878. The topological polar surface area (TPSA) is 23.5 Å². The van der Waals surface area contributed by atoms with Crippen LogP contribution in [-0.2, 0) is 6.54 Å². The van der Waals surface area contributed by atoms with Gasteiger partial charge in [-0.2, -0.15) is 0 Å². The van der Waals surface area contributed by atoms with E-state index in [1.165, 1.54) is 5.56 Å². The lowest BCUT2D eigenvalue weighted by molar-refractivity contribution is 0.127. The number of rotatable bonds is 5. The first-order valence-corrected chi connectivity index (χ1v) is 6.57. The molecule has 1 aromatic carbocycles. The molecule has 2 nitrogen and oxygen atoms in total. The van der Waals surface area contributed by atoms with Crippen LogP contribution in [0.2, 0.25) is 0 Å². The van der Waals surface area contributed by atoms with Crippen molar-refractivity contribution in [1.29, 1.82) is 0 Å². The number of hydrogen-bond acceptors (Lipinski definition) is 3. The fourth-order valence-electron chi connectivity index (χ4n) is 1.83. The summed E-state index contributed by atoms with van der Waals surface area (Å²) in [6.07, 6.45) is -0.385. The number of hydrogen-bond donors (Lipinski definition) is 1. The van der Waals surface area contributed by atoms with E-state index < -0.39 is 0 Å². The molecule has 3 heteroatoms. The Morgan fingerprint density at radius 1 is 1.18 bits per heavy atom. The van der Waals surface area contributed by atoms with E-state index >= 15 is 0 Å². The van der Waals surface area contributed by atoms with Gasteiger partial charge in [0.25, 0.3) is 0 Å². The Morgan fingerprint density at radius 3 is 2.59 bits per heavy atom. The maximum Gasteiger partial charge on any atom is 0.101 e. The highest BCUT2D eigenvalue weighted by molar-refractivity contribution is 7.10. The highest BCUT2D eigenvalue weighted by Crippen LogP contribution is 2.19. The van der Waals surface area contributed by atoms with Crippen LogP contribution in [0.1, 0.15) is 16.5 Å². The smallest absolute Gasteiger partial charge is 0.101 e. The maximum absolute atomic E-state index is 10.0. The second-order valence-corrected chi connectivity index (χ2v) is 5.19. The van der Waals surface area contributed by atoms with E-state index in [4.69, 9.17) is 0 Å². The highest BCUT2D eigenvalue weighted by atomic mass is 32.1. The van der Waals surface area contributed by atoms with E-state index in [1.54, 1.807) is 11.3 Å². The summed E-state index contributed by atoms with van der Waals surface area (Å²) in [7, 11) is 2.03. The van der Waals surface area contributed by atoms with Gasteiger partial charge in [0.15, 0.2) is 0 Å². The predicted molar refractivity (Wildman–Crippen MR) is 72.1 cm³/mol. The third-order valence-electron chi connectivity index (χ3n) is 2.65. The van der Waals surface area contributed by atoms with Crippen molar-refractivity contribution in [2.75, 3.05) is 13.6 Å². The Morgan fingerprint density at radius 2 is 1.94 bits per heavy atom. The van der Waals surface area contributed by atoms with Crippen LogP contribution < -0.4 is 0 Å². The number of benzene rings is 1. The van der Waals surface area contributed by atoms with Crippen molar-refractivity contribution in [3.63, 3.8) is 0 Å². The molecule has 0 aliphatic rings. The third-order valence-corrected chi connectivity index (χ3v) is 3.63. The Bertz CT molecular complexity index is 427.